The molecular weight excluding hydrogens is 837 g/mol. The molecule has 0 spiro atoms. The van der Waals surface area contributed by atoms with Gasteiger partial charge in [0, 0.05) is 6.16 Å². The van der Waals surface area contributed by atoms with E-state index < -0.39 is 117 Å². The maximum Gasteiger partial charge on any atom is 0.325 e. The van der Waals surface area contributed by atoms with Gasteiger partial charge in [0.1, 0.15) is 54.9 Å². The average molecular weight is 916 g/mol. The number of unbranched alkanes of at least 4 members (excludes halogenated alkanes) is 15. The van der Waals surface area contributed by atoms with E-state index in [0.717, 1.165) is 12.8 Å². The Labute approximate surface area is 365 Å². The Hall–Kier alpha value is -2.12. The van der Waals surface area contributed by atoms with Crippen molar-refractivity contribution in [1.82, 2.24) is 10.6 Å². The topological polar surface area (TPSA) is 391 Å². The molecule has 2 saturated heterocycles. The molecule has 0 bridgehead atoms. The molecule has 0 aromatic rings. The number of carbonyl (C=O) groups is 1. The van der Waals surface area contributed by atoms with Gasteiger partial charge in [-0.05, 0) is 20.4 Å². The minimum atomic E-state index is -3.75. The van der Waals surface area contributed by atoms with Crippen LogP contribution in [0.15, 0.2) is 4.99 Å². The van der Waals surface area contributed by atoms with E-state index in [1.807, 2.05) is 0 Å². The molecule has 0 aromatic heterocycles. The highest BCUT2D eigenvalue weighted by Crippen LogP contribution is 2.38. The molecule has 2 aliphatic heterocycles. The SMILES string of the molecule is CCCCCCCCCCCCCCCCCCP(=O)(O)O.CN[C@@H]1[C@H](O[C@H]2[C@H](O[C@H]3[C@H](O)[C@@H](O)[C@H](N=C(N)N)[C@@H](O)[C@@H]3NC(=N)N)O[C@@H](C)[C@]2(O)C=O)O[C@@H](CO)[C@H](O)[C@H]1O. The number of likely N-dealkylation sites (N-methyl/N-ethyl adjacent to an activating group) is 1. The van der Waals surface area contributed by atoms with Crippen LogP contribution in [0.1, 0.15) is 117 Å². The molecule has 23 heteroatoms. The number of carbonyl (C=O) groups excluding carboxylic acids is 1. The number of aldehydes is 1. The first-order valence-electron chi connectivity index (χ1n) is 22.0. The molecule has 0 unspecified atom stereocenters. The highest BCUT2D eigenvalue weighted by molar-refractivity contribution is 7.51. The van der Waals surface area contributed by atoms with E-state index in [0.29, 0.717) is 6.42 Å². The molecule has 1 saturated carbocycles. The van der Waals surface area contributed by atoms with E-state index in [4.69, 9.17) is 51.3 Å². The summed E-state index contributed by atoms with van der Waals surface area (Å²) < 4.78 is 33.6. The molecular formula is C39H78N7O15P. The van der Waals surface area contributed by atoms with Crippen LogP contribution >= 0.6 is 7.60 Å². The molecule has 0 aromatic carbocycles. The lowest BCUT2D eigenvalue weighted by molar-refractivity contribution is -0.314. The molecule has 3 rings (SSSR count). The first-order valence-corrected chi connectivity index (χ1v) is 23.8. The third kappa shape index (κ3) is 17.4. The Balaban J connectivity index is 0.000000511. The monoisotopic (exact) mass is 916 g/mol. The summed E-state index contributed by atoms with van der Waals surface area (Å²) in [4.78, 5) is 33.3. The van der Waals surface area contributed by atoms with Crippen LogP contribution in [0.25, 0.3) is 0 Å². The van der Waals surface area contributed by atoms with Crippen LogP contribution in [-0.2, 0) is 28.3 Å². The number of aliphatic imine (C=N–C) groups is 1. The van der Waals surface area contributed by atoms with E-state index in [1.54, 1.807) is 0 Å². The number of aliphatic hydroxyl groups excluding tert-OH is 6. The van der Waals surface area contributed by atoms with Crippen LogP contribution < -0.4 is 27.8 Å². The fourth-order valence-corrected chi connectivity index (χ4v) is 8.63. The molecule has 15 atom stereocenters. The summed E-state index contributed by atoms with van der Waals surface area (Å²) in [6.07, 6.45) is 3.33. The zero-order valence-corrected chi connectivity index (χ0v) is 37.4. The summed E-state index contributed by atoms with van der Waals surface area (Å²) in [6, 6.07) is -4.02. The number of aliphatic hydroxyl groups is 7. The summed E-state index contributed by atoms with van der Waals surface area (Å²) in [6.45, 7) is 2.88. The molecule has 3 fully saturated rings. The van der Waals surface area contributed by atoms with Crippen molar-refractivity contribution in [3.05, 3.63) is 0 Å². The maximum absolute atomic E-state index is 12.1. The molecule has 2 heterocycles. The molecule has 1 aliphatic carbocycles. The number of hydrogen-bond acceptors (Lipinski definition) is 16. The highest BCUT2D eigenvalue weighted by Gasteiger charge is 2.61. The summed E-state index contributed by atoms with van der Waals surface area (Å²) in [5.41, 5.74) is 13.8. The Kier molecular flexibility index (Phi) is 25.3. The number of nitrogens with one attached hydrogen (secondary N) is 3. The van der Waals surface area contributed by atoms with Gasteiger partial charge >= 0.3 is 7.60 Å². The quantitative estimate of drug-likeness (QED) is 0.0154. The number of rotatable bonds is 26. The minimum absolute atomic E-state index is 0.0610. The highest BCUT2D eigenvalue weighted by atomic mass is 31.2. The van der Waals surface area contributed by atoms with Crippen molar-refractivity contribution in [3.63, 3.8) is 0 Å². The lowest BCUT2D eigenvalue weighted by atomic mass is 9.81. The van der Waals surface area contributed by atoms with Crippen LogP contribution in [0, 0.1) is 5.41 Å². The zero-order valence-electron chi connectivity index (χ0n) is 36.5. The fourth-order valence-electron chi connectivity index (χ4n) is 8.00. The van der Waals surface area contributed by atoms with E-state index >= 15 is 0 Å². The van der Waals surface area contributed by atoms with Crippen molar-refractivity contribution in [3.8, 4) is 0 Å². The zero-order chi connectivity index (χ0) is 46.6. The Morgan fingerprint density at radius 3 is 1.73 bits per heavy atom. The lowest BCUT2D eigenvalue weighted by Crippen LogP contribution is -2.70. The Bertz CT molecular complexity index is 1370. The van der Waals surface area contributed by atoms with Gasteiger partial charge in [-0.1, -0.05) is 103 Å². The van der Waals surface area contributed by atoms with Gasteiger partial charge in [-0.2, -0.15) is 0 Å². The van der Waals surface area contributed by atoms with Gasteiger partial charge in [-0.25, -0.2) is 4.99 Å². The first kappa shape index (κ1) is 56.0. The molecule has 0 amide bonds. The predicted molar refractivity (Wildman–Crippen MR) is 229 cm³/mol. The molecule has 364 valence electrons. The van der Waals surface area contributed by atoms with Crippen molar-refractivity contribution in [2.75, 3.05) is 19.8 Å². The van der Waals surface area contributed by atoms with Gasteiger partial charge in [0.25, 0.3) is 0 Å². The van der Waals surface area contributed by atoms with Crippen LogP contribution in [0.4, 0.5) is 0 Å². The van der Waals surface area contributed by atoms with Crippen molar-refractivity contribution >= 4 is 25.8 Å². The third-order valence-corrected chi connectivity index (χ3v) is 12.6. The fraction of sp³-hybridized carbons (Fsp3) is 0.923. The van der Waals surface area contributed by atoms with Crippen molar-refractivity contribution in [2.24, 2.45) is 22.2 Å². The smallest absolute Gasteiger partial charge is 0.325 e. The molecule has 62 heavy (non-hydrogen) atoms. The Morgan fingerprint density at radius 2 is 1.29 bits per heavy atom. The number of nitrogens with zero attached hydrogens (tertiary/aromatic N) is 1. The minimum Gasteiger partial charge on any atom is -0.394 e. The van der Waals surface area contributed by atoms with Crippen LogP contribution in [0.3, 0.4) is 0 Å². The van der Waals surface area contributed by atoms with Crippen LogP contribution in [0.5, 0.6) is 0 Å². The van der Waals surface area contributed by atoms with Crippen LogP contribution in [0.2, 0.25) is 0 Å². The number of nitrogens with two attached hydrogens (primary N) is 3. The maximum atomic E-state index is 12.1. The normalized spacial score (nSPS) is 34.8. The van der Waals surface area contributed by atoms with Gasteiger partial charge in [0.2, 0.25) is 0 Å². The third-order valence-electron chi connectivity index (χ3n) is 11.7. The average Bonchev–Trinajstić information content (AvgIpc) is 3.45. The molecule has 18 N–H and O–H groups in total. The molecule has 0 radical (unpaired) electrons. The van der Waals surface area contributed by atoms with Gasteiger partial charge in [0.05, 0.1) is 24.8 Å². The number of guanidine groups is 2. The summed E-state index contributed by atoms with van der Waals surface area (Å²) >= 11 is 0. The van der Waals surface area contributed by atoms with E-state index in [2.05, 4.69) is 22.5 Å². The van der Waals surface area contributed by atoms with E-state index in [1.165, 1.54) is 97.4 Å². The summed E-state index contributed by atoms with van der Waals surface area (Å²) in [5.74, 6) is -1.16. The van der Waals surface area contributed by atoms with Crippen molar-refractivity contribution < 1.29 is 73.8 Å². The second-order valence-corrected chi connectivity index (χ2v) is 18.4. The summed E-state index contributed by atoms with van der Waals surface area (Å²) in [7, 11) is -2.34. The van der Waals surface area contributed by atoms with E-state index in [9.17, 15) is 45.1 Å². The first-order chi connectivity index (χ1) is 29.3. The summed E-state index contributed by atoms with van der Waals surface area (Å²) in [5, 5.41) is 86.6. The Morgan fingerprint density at radius 1 is 0.774 bits per heavy atom. The van der Waals surface area contributed by atoms with Gasteiger partial charge in [-0.15, -0.1) is 0 Å². The molecule has 3 aliphatic rings. The second-order valence-electron chi connectivity index (χ2n) is 16.6. The largest absolute Gasteiger partial charge is 0.394 e. The van der Waals surface area contributed by atoms with Crippen molar-refractivity contribution in [1.29, 1.82) is 5.41 Å². The van der Waals surface area contributed by atoms with Crippen LogP contribution in [-0.4, -0.2) is 175 Å². The van der Waals surface area contributed by atoms with Gasteiger partial charge in [0.15, 0.2) is 36.4 Å². The molecule has 22 nitrogen and oxygen atoms in total. The van der Waals surface area contributed by atoms with E-state index in [-0.39, 0.29) is 12.4 Å². The predicted octanol–water partition coefficient (Wildman–Crippen LogP) is -1.53. The standard InChI is InChI=1S/C21H39N7O12.C18H39O3P/c1-5-21(36,4-30)16(40-17-9(26-2)13(34)10(31)6(3-29)38-17)18(37-5)39-15-8(28-20(24)25)11(32)7(27-19(22)23)12(33)14(15)35;1-2-3-4-5-6-7-8-9-10-11-12-13-14-15-16-17-18-22(19,20)21/h4-18,26,29,31-36H,3H2,1-2H3,(H4,22,23,27)(H4,24,25,28);2-18H2,1H3,(H2,19,20,21)/t5-,6-,7+,8-,9-,10-,11+,12-,13-,14+,15+,16-,17-,18-,21+;/m0./s1. The lowest BCUT2D eigenvalue weighted by Gasteiger charge is -2.46. The van der Waals surface area contributed by atoms with Gasteiger partial charge in [-0.3, -0.25) is 14.8 Å². The number of hydrogen-bond donors (Lipinski definition) is 15. The van der Waals surface area contributed by atoms with Crippen molar-refractivity contribution in [2.45, 2.75) is 208 Å². The number of ether oxygens (including phenoxy) is 4. The van der Waals surface area contributed by atoms with Gasteiger partial charge < -0.3 is 92.3 Å². The second kappa shape index (κ2) is 28.0.